The molecule has 0 aliphatic carbocycles. The molecule has 0 saturated carbocycles. The molecule has 0 fully saturated rings. The minimum absolute atomic E-state index is 0.290. The Morgan fingerprint density at radius 3 is 2.73 bits per heavy atom. The average molecular weight is 207 g/mol. The Labute approximate surface area is 83.7 Å². The third-order valence-electron chi connectivity index (χ3n) is 1.95. The molecule has 0 spiro atoms. The van der Waals surface area contributed by atoms with Gasteiger partial charge in [-0.25, -0.2) is 4.79 Å². The van der Waals surface area contributed by atoms with Crippen molar-refractivity contribution in [3.05, 3.63) is 50.7 Å². The second-order valence-electron chi connectivity index (χ2n) is 3.09. The Balaban J connectivity index is 2.36. The number of hydrogen-bond donors (Lipinski definition) is 3. The quantitative estimate of drug-likeness (QED) is 0.635. The monoisotopic (exact) mass is 207 g/mol. The van der Waals surface area contributed by atoms with Gasteiger partial charge in [0.2, 0.25) is 0 Å². The third kappa shape index (κ3) is 1.98. The van der Waals surface area contributed by atoms with Crippen LogP contribution in [0.15, 0.2) is 32.4 Å². The third-order valence-corrected chi connectivity index (χ3v) is 1.95. The summed E-state index contributed by atoms with van der Waals surface area (Å²) < 4.78 is 5.09. The molecule has 0 aliphatic rings. The summed E-state index contributed by atoms with van der Waals surface area (Å²) in [6.45, 7) is 0. The van der Waals surface area contributed by atoms with E-state index in [4.69, 9.17) is 10.2 Å². The highest BCUT2D eigenvalue weighted by Crippen LogP contribution is 2.14. The first-order valence-electron chi connectivity index (χ1n) is 4.29. The summed E-state index contributed by atoms with van der Waals surface area (Å²) in [6.07, 6.45) is 1.74. The first-order valence-corrected chi connectivity index (χ1v) is 4.29. The number of anilines is 1. The average Bonchev–Trinajstić information content (AvgIpc) is 2.50. The van der Waals surface area contributed by atoms with Crippen molar-refractivity contribution in [2.75, 3.05) is 5.73 Å². The second kappa shape index (κ2) is 3.49. The van der Waals surface area contributed by atoms with Crippen LogP contribution in [-0.2, 0) is 6.42 Å². The van der Waals surface area contributed by atoms with E-state index in [0.29, 0.717) is 17.1 Å². The van der Waals surface area contributed by atoms with Gasteiger partial charge in [0, 0.05) is 18.2 Å². The molecule has 2 heterocycles. The standard InChI is InChI=1S/C9H9N3O3/c10-6-1-2-15-7(6)3-5-4-8(13)12-9(14)11-5/h1-2,4H,3,10H2,(H2,11,12,13,14). The van der Waals surface area contributed by atoms with Crippen LogP contribution in [0, 0.1) is 0 Å². The summed E-state index contributed by atoms with van der Waals surface area (Å²) in [7, 11) is 0. The summed E-state index contributed by atoms with van der Waals surface area (Å²) in [5.41, 5.74) is 5.57. The maximum absolute atomic E-state index is 11.0. The molecule has 0 bridgehead atoms. The van der Waals surface area contributed by atoms with E-state index >= 15 is 0 Å². The number of H-pyrrole nitrogens is 2. The molecule has 0 saturated heterocycles. The fourth-order valence-electron chi connectivity index (χ4n) is 1.28. The lowest BCUT2D eigenvalue weighted by Gasteiger charge is -1.98. The van der Waals surface area contributed by atoms with Crippen molar-refractivity contribution in [3.8, 4) is 0 Å². The van der Waals surface area contributed by atoms with Crippen molar-refractivity contribution >= 4 is 5.69 Å². The van der Waals surface area contributed by atoms with Crippen molar-refractivity contribution in [1.29, 1.82) is 0 Å². The highest BCUT2D eigenvalue weighted by molar-refractivity contribution is 5.42. The van der Waals surface area contributed by atoms with Gasteiger partial charge in [-0.15, -0.1) is 0 Å². The van der Waals surface area contributed by atoms with Gasteiger partial charge in [0.15, 0.2) is 0 Å². The molecule has 0 atom stereocenters. The van der Waals surface area contributed by atoms with Crippen molar-refractivity contribution in [3.63, 3.8) is 0 Å². The van der Waals surface area contributed by atoms with Gasteiger partial charge in [-0.05, 0) is 6.07 Å². The number of nitrogens with one attached hydrogen (secondary N) is 2. The first-order chi connectivity index (χ1) is 7.15. The molecule has 0 amide bonds. The van der Waals surface area contributed by atoms with Gasteiger partial charge >= 0.3 is 5.69 Å². The van der Waals surface area contributed by atoms with Gasteiger partial charge in [0.25, 0.3) is 5.56 Å². The largest absolute Gasteiger partial charge is 0.467 e. The maximum Gasteiger partial charge on any atom is 0.325 e. The maximum atomic E-state index is 11.0. The predicted octanol–water partition coefficient (Wildman–Crippen LogP) is -0.171. The van der Waals surface area contributed by atoms with E-state index in [2.05, 4.69) is 9.97 Å². The first kappa shape index (κ1) is 9.32. The molecule has 15 heavy (non-hydrogen) atoms. The Hall–Kier alpha value is -2.24. The summed E-state index contributed by atoms with van der Waals surface area (Å²) in [6, 6.07) is 2.91. The van der Waals surface area contributed by atoms with E-state index < -0.39 is 11.2 Å². The smallest absolute Gasteiger partial charge is 0.325 e. The minimum Gasteiger partial charge on any atom is -0.467 e. The minimum atomic E-state index is -0.539. The van der Waals surface area contributed by atoms with Gasteiger partial charge in [-0.1, -0.05) is 0 Å². The molecule has 0 aliphatic heterocycles. The molecular formula is C9H9N3O3. The molecule has 0 aromatic carbocycles. The zero-order chi connectivity index (χ0) is 10.8. The molecule has 2 aromatic rings. The van der Waals surface area contributed by atoms with E-state index in [1.165, 1.54) is 12.3 Å². The topological polar surface area (TPSA) is 105 Å². The number of hydrogen-bond acceptors (Lipinski definition) is 4. The van der Waals surface area contributed by atoms with Crippen LogP contribution >= 0.6 is 0 Å². The van der Waals surface area contributed by atoms with Gasteiger partial charge in [-0.3, -0.25) is 9.78 Å². The van der Waals surface area contributed by atoms with Gasteiger partial charge in [-0.2, -0.15) is 0 Å². The molecule has 0 unspecified atom stereocenters. The molecule has 4 N–H and O–H groups in total. The Morgan fingerprint density at radius 1 is 1.33 bits per heavy atom. The fraction of sp³-hybridized carbons (Fsp3) is 0.111. The van der Waals surface area contributed by atoms with Crippen LogP contribution in [0.25, 0.3) is 0 Å². The molecular weight excluding hydrogens is 198 g/mol. The predicted molar refractivity (Wildman–Crippen MR) is 53.6 cm³/mol. The Kier molecular flexibility index (Phi) is 2.17. The number of nitrogen functional groups attached to an aromatic ring is 1. The summed E-state index contributed by atoms with van der Waals surface area (Å²) in [4.78, 5) is 26.5. The lowest BCUT2D eigenvalue weighted by molar-refractivity contribution is 0.520. The number of rotatable bonds is 2. The Morgan fingerprint density at radius 2 is 2.13 bits per heavy atom. The number of nitrogens with two attached hydrogens (primary N) is 1. The van der Waals surface area contributed by atoms with E-state index in [9.17, 15) is 9.59 Å². The number of furan rings is 1. The fourth-order valence-corrected chi connectivity index (χ4v) is 1.28. The van der Waals surface area contributed by atoms with Crippen molar-refractivity contribution in [2.45, 2.75) is 6.42 Å². The molecule has 6 nitrogen and oxygen atoms in total. The number of aromatic amines is 2. The normalized spacial score (nSPS) is 10.4. The second-order valence-corrected chi connectivity index (χ2v) is 3.09. The highest BCUT2D eigenvalue weighted by atomic mass is 16.3. The van der Waals surface area contributed by atoms with Crippen LogP contribution < -0.4 is 17.0 Å². The van der Waals surface area contributed by atoms with Crippen LogP contribution in [0.5, 0.6) is 0 Å². The van der Waals surface area contributed by atoms with Crippen LogP contribution in [-0.4, -0.2) is 9.97 Å². The molecule has 6 heteroatoms. The SMILES string of the molecule is Nc1ccoc1Cc1cc(=O)[nH]c(=O)[nH]1. The molecule has 78 valence electrons. The van der Waals surface area contributed by atoms with Crippen molar-refractivity contribution < 1.29 is 4.42 Å². The van der Waals surface area contributed by atoms with Crippen molar-refractivity contribution in [1.82, 2.24) is 9.97 Å². The summed E-state index contributed by atoms with van der Waals surface area (Å²) >= 11 is 0. The molecule has 0 radical (unpaired) electrons. The zero-order valence-electron chi connectivity index (χ0n) is 7.74. The highest BCUT2D eigenvalue weighted by Gasteiger charge is 2.05. The van der Waals surface area contributed by atoms with E-state index in [0.717, 1.165) is 0 Å². The van der Waals surface area contributed by atoms with E-state index in [1.807, 2.05) is 0 Å². The van der Waals surface area contributed by atoms with Crippen molar-refractivity contribution in [2.24, 2.45) is 0 Å². The summed E-state index contributed by atoms with van der Waals surface area (Å²) in [5.74, 6) is 0.524. The lowest BCUT2D eigenvalue weighted by atomic mass is 10.2. The lowest BCUT2D eigenvalue weighted by Crippen LogP contribution is -2.23. The van der Waals surface area contributed by atoms with Gasteiger partial charge < -0.3 is 15.1 Å². The van der Waals surface area contributed by atoms with Crippen LogP contribution in [0.4, 0.5) is 5.69 Å². The summed E-state index contributed by atoms with van der Waals surface area (Å²) in [5, 5.41) is 0. The van der Waals surface area contributed by atoms with Crippen LogP contribution in [0.1, 0.15) is 11.5 Å². The van der Waals surface area contributed by atoms with Gasteiger partial charge in [0.05, 0.1) is 12.0 Å². The van der Waals surface area contributed by atoms with Crippen LogP contribution in [0.2, 0.25) is 0 Å². The zero-order valence-corrected chi connectivity index (χ0v) is 7.74. The van der Waals surface area contributed by atoms with Gasteiger partial charge in [0.1, 0.15) is 5.76 Å². The van der Waals surface area contributed by atoms with Crippen LogP contribution in [0.3, 0.4) is 0 Å². The molecule has 2 aromatic heterocycles. The van der Waals surface area contributed by atoms with E-state index in [1.54, 1.807) is 6.07 Å². The Bertz CT molecular complexity index is 550. The molecule has 2 rings (SSSR count). The number of aromatic nitrogens is 2. The van der Waals surface area contributed by atoms with E-state index in [-0.39, 0.29) is 6.42 Å².